The van der Waals surface area contributed by atoms with Crippen LogP contribution in [0.2, 0.25) is 0 Å². The number of hydrogen-bond donors (Lipinski definition) is 0. The van der Waals surface area contributed by atoms with Crippen molar-refractivity contribution in [3.63, 3.8) is 0 Å². The predicted molar refractivity (Wildman–Crippen MR) is 101 cm³/mol. The first kappa shape index (κ1) is 18.1. The van der Waals surface area contributed by atoms with Crippen molar-refractivity contribution in [2.45, 2.75) is 12.6 Å². The molecule has 1 aromatic carbocycles. The summed E-state index contributed by atoms with van der Waals surface area (Å²) < 4.78 is 8.91. The van der Waals surface area contributed by atoms with Crippen LogP contribution in [0.3, 0.4) is 0 Å². The van der Waals surface area contributed by atoms with Gasteiger partial charge in [-0.25, -0.2) is 9.59 Å². The van der Waals surface area contributed by atoms with Crippen molar-refractivity contribution < 1.29 is 19.1 Å². The van der Waals surface area contributed by atoms with Crippen molar-refractivity contribution in [1.82, 2.24) is 0 Å². The van der Waals surface area contributed by atoms with Crippen LogP contribution in [0.15, 0.2) is 42.5 Å². The van der Waals surface area contributed by atoms with Crippen molar-refractivity contribution in [2.24, 2.45) is 0 Å². The van der Waals surface area contributed by atoms with Gasteiger partial charge in [-0.3, -0.25) is 0 Å². The summed E-state index contributed by atoms with van der Waals surface area (Å²) in [7, 11) is 0. The average molecular weight is 612 g/mol. The number of benzene rings is 1. The summed E-state index contributed by atoms with van der Waals surface area (Å²) in [6.07, 6.45) is 0. The van der Waals surface area contributed by atoms with Gasteiger partial charge in [-0.1, -0.05) is 24.8 Å². The lowest BCUT2D eigenvalue weighted by molar-refractivity contribution is -0.141. The SMILES string of the molecule is C=C(C)C(=O)OC(I)C(I)(I)OC(=O)c1ccccc1. The predicted octanol–water partition coefficient (Wildman–Crippen LogP) is 4.25. The molecule has 0 bridgehead atoms. The summed E-state index contributed by atoms with van der Waals surface area (Å²) in [6, 6.07) is 8.64. The average Bonchev–Trinajstić information content (AvgIpc) is 2.38. The fourth-order valence-electron chi connectivity index (χ4n) is 1.07. The molecule has 0 aromatic heterocycles. The molecule has 20 heavy (non-hydrogen) atoms. The minimum absolute atomic E-state index is 0.296. The molecule has 7 heteroatoms. The molecule has 1 aromatic rings. The Hall–Kier alpha value is 0.0900. The Morgan fingerprint density at radius 3 is 2.30 bits per heavy atom. The van der Waals surface area contributed by atoms with Gasteiger partial charge in [-0.15, -0.1) is 0 Å². The van der Waals surface area contributed by atoms with E-state index in [1.165, 1.54) is 0 Å². The van der Waals surface area contributed by atoms with Gasteiger partial charge in [0, 0.05) is 5.57 Å². The minimum Gasteiger partial charge on any atom is -0.442 e. The van der Waals surface area contributed by atoms with E-state index in [0.29, 0.717) is 11.1 Å². The van der Waals surface area contributed by atoms with Crippen molar-refractivity contribution in [2.75, 3.05) is 0 Å². The lowest BCUT2D eigenvalue weighted by atomic mass is 10.2. The van der Waals surface area contributed by atoms with Crippen molar-refractivity contribution in [3.8, 4) is 0 Å². The third-order valence-corrected chi connectivity index (χ3v) is 7.15. The Morgan fingerprint density at radius 1 is 1.25 bits per heavy atom. The van der Waals surface area contributed by atoms with Crippen molar-refractivity contribution >= 4 is 79.7 Å². The lowest BCUT2D eigenvalue weighted by Crippen LogP contribution is -2.34. The summed E-state index contributed by atoms with van der Waals surface area (Å²) in [6.45, 7) is 5.07. The fraction of sp³-hybridized carbons (Fsp3) is 0.231. The fourth-order valence-corrected chi connectivity index (χ4v) is 2.08. The first-order chi connectivity index (χ1) is 9.24. The number of hydrogen-bond acceptors (Lipinski definition) is 4. The maximum absolute atomic E-state index is 12.0. The molecule has 1 atom stereocenters. The van der Waals surface area contributed by atoms with Crippen LogP contribution >= 0.6 is 67.8 Å². The molecule has 0 amide bonds. The van der Waals surface area contributed by atoms with Crippen LogP contribution in [-0.4, -0.2) is 17.7 Å². The van der Waals surface area contributed by atoms with E-state index in [9.17, 15) is 9.59 Å². The molecule has 0 N–H and O–H groups in total. The summed E-state index contributed by atoms with van der Waals surface area (Å²) in [4.78, 5) is 23.5. The third kappa shape index (κ3) is 5.47. The second-order valence-corrected chi connectivity index (χ2v) is 10.2. The third-order valence-electron chi connectivity index (χ3n) is 2.06. The Kier molecular flexibility index (Phi) is 7.18. The maximum Gasteiger partial charge on any atom is 0.340 e. The van der Waals surface area contributed by atoms with E-state index in [4.69, 9.17) is 9.47 Å². The molecule has 0 spiro atoms. The van der Waals surface area contributed by atoms with Crippen LogP contribution in [0, 0.1) is 0 Å². The second-order valence-electron chi connectivity index (χ2n) is 3.82. The standard InChI is InChI=1S/C13H11I3O4/c1-8(2)10(17)19-12(14)13(15,16)20-11(18)9-6-4-3-5-7-9/h3-7,12H,1H2,2H3. The Balaban J connectivity index is 2.71. The highest BCUT2D eigenvalue weighted by molar-refractivity contribution is 14.2. The number of carbonyl (C=O) groups excluding carboxylic acids is 2. The van der Waals surface area contributed by atoms with Crippen LogP contribution in [-0.2, 0) is 14.3 Å². The van der Waals surface area contributed by atoms with E-state index < -0.39 is 17.7 Å². The molecule has 1 unspecified atom stereocenters. The topological polar surface area (TPSA) is 52.6 Å². The van der Waals surface area contributed by atoms with Gasteiger partial charge in [0.2, 0.25) is 4.11 Å². The Bertz CT molecular complexity index is 514. The molecule has 0 aliphatic carbocycles. The molecule has 108 valence electrons. The first-order valence-electron chi connectivity index (χ1n) is 5.41. The van der Waals surface area contributed by atoms with Gasteiger partial charge in [-0.05, 0) is 86.8 Å². The van der Waals surface area contributed by atoms with Gasteiger partial charge >= 0.3 is 11.9 Å². The summed E-state index contributed by atoms with van der Waals surface area (Å²) >= 11 is 5.77. The number of carbonyl (C=O) groups is 2. The van der Waals surface area contributed by atoms with E-state index >= 15 is 0 Å². The number of alkyl halides is 3. The summed E-state index contributed by atoms with van der Waals surface area (Å²) in [5.41, 5.74) is 0.740. The summed E-state index contributed by atoms with van der Waals surface area (Å²) in [5.74, 6) is -0.986. The van der Waals surface area contributed by atoms with Crippen LogP contribution in [0.1, 0.15) is 17.3 Å². The Labute approximate surface area is 158 Å². The van der Waals surface area contributed by atoms with Crippen LogP contribution in [0.25, 0.3) is 0 Å². The van der Waals surface area contributed by atoms with Gasteiger partial charge < -0.3 is 9.47 Å². The smallest absolute Gasteiger partial charge is 0.340 e. The van der Waals surface area contributed by atoms with Gasteiger partial charge in [0.1, 0.15) is 0 Å². The number of ether oxygens (including phenoxy) is 2. The molecule has 0 heterocycles. The van der Waals surface area contributed by atoms with E-state index in [-0.39, 0.29) is 0 Å². The molecule has 0 saturated carbocycles. The first-order valence-corrected chi connectivity index (χ1v) is 8.81. The molecule has 0 aliphatic rings. The lowest BCUT2D eigenvalue weighted by Gasteiger charge is -2.26. The normalized spacial score (nSPS) is 12.4. The molecule has 4 nitrogen and oxygen atoms in total. The maximum atomic E-state index is 12.0. The Morgan fingerprint density at radius 2 is 1.80 bits per heavy atom. The van der Waals surface area contributed by atoms with E-state index in [1.54, 1.807) is 31.2 Å². The number of halogens is 3. The van der Waals surface area contributed by atoms with E-state index in [1.807, 2.05) is 73.8 Å². The largest absolute Gasteiger partial charge is 0.442 e. The zero-order valence-electron chi connectivity index (χ0n) is 10.4. The van der Waals surface area contributed by atoms with Crippen LogP contribution in [0.4, 0.5) is 0 Å². The van der Waals surface area contributed by atoms with E-state index in [0.717, 1.165) is 0 Å². The molecular formula is C13H11I3O4. The molecule has 0 radical (unpaired) electrons. The van der Waals surface area contributed by atoms with Gasteiger partial charge in [0.15, 0.2) is 0 Å². The molecule has 1 rings (SSSR count). The highest BCUT2D eigenvalue weighted by atomic mass is 127. The molecule has 0 fully saturated rings. The summed E-state index contributed by atoms with van der Waals surface area (Å²) in [5, 5.41) is 0. The second kappa shape index (κ2) is 7.92. The van der Waals surface area contributed by atoms with Crippen LogP contribution < -0.4 is 0 Å². The van der Waals surface area contributed by atoms with Crippen LogP contribution in [0.5, 0.6) is 0 Å². The minimum atomic E-state index is -1.01. The van der Waals surface area contributed by atoms with Crippen molar-refractivity contribution in [3.05, 3.63) is 48.0 Å². The zero-order valence-corrected chi connectivity index (χ0v) is 16.9. The number of rotatable bonds is 5. The highest BCUT2D eigenvalue weighted by Gasteiger charge is 2.39. The highest BCUT2D eigenvalue weighted by Crippen LogP contribution is 2.39. The molecular weight excluding hydrogens is 601 g/mol. The molecule has 0 saturated heterocycles. The van der Waals surface area contributed by atoms with Gasteiger partial charge in [-0.2, -0.15) is 0 Å². The monoisotopic (exact) mass is 612 g/mol. The van der Waals surface area contributed by atoms with Gasteiger partial charge in [0.25, 0.3) is 1.61 Å². The van der Waals surface area contributed by atoms with Gasteiger partial charge in [0.05, 0.1) is 5.56 Å². The number of esters is 2. The molecule has 0 aliphatic heterocycles. The van der Waals surface area contributed by atoms with E-state index in [2.05, 4.69) is 6.58 Å². The zero-order chi connectivity index (χ0) is 15.3. The quantitative estimate of drug-likeness (QED) is 0.216. The van der Waals surface area contributed by atoms with Crippen molar-refractivity contribution in [1.29, 1.82) is 0 Å².